The summed E-state index contributed by atoms with van der Waals surface area (Å²) in [5, 5.41) is 14.8. The van der Waals surface area contributed by atoms with Crippen LogP contribution in [-0.4, -0.2) is 43.1 Å². The van der Waals surface area contributed by atoms with Crippen molar-refractivity contribution in [3.8, 4) is 0 Å². The SMILES string of the molecule is Cc1nn(C(=O)Cn2cc(NC(=O)C3CCC3)nn2)c(C)c1CCN. The molecule has 1 amide bonds. The topological polar surface area (TPSA) is 121 Å². The van der Waals surface area contributed by atoms with Crippen molar-refractivity contribution in [1.82, 2.24) is 24.8 Å². The summed E-state index contributed by atoms with van der Waals surface area (Å²) in [6.07, 6.45) is 5.17. The molecule has 0 aliphatic heterocycles. The van der Waals surface area contributed by atoms with Crippen molar-refractivity contribution in [2.24, 2.45) is 11.7 Å². The minimum atomic E-state index is -0.217. The number of carbonyl (C=O) groups is 2. The Kier molecular flexibility index (Phi) is 4.93. The number of nitrogens with two attached hydrogens (primary N) is 1. The first-order valence-electron chi connectivity index (χ1n) is 8.49. The number of carbonyl (C=O) groups excluding carboxylic acids is 2. The Balaban J connectivity index is 1.65. The van der Waals surface area contributed by atoms with Crippen LogP contribution in [0.1, 0.15) is 41.0 Å². The van der Waals surface area contributed by atoms with Crippen LogP contribution in [0.25, 0.3) is 0 Å². The number of anilines is 1. The van der Waals surface area contributed by atoms with Gasteiger partial charge in [-0.1, -0.05) is 11.6 Å². The number of hydrogen-bond donors (Lipinski definition) is 2. The van der Waals surface area contributed by atoms with E-state index < -0.39 is 0 Å². The van der Waals surface area contributed by atoms with Gasteiger partial charge in [0.05, 0.1) is 11.9 Å². The van der Waals surface area contributed by atoms with E-state index in [1.165, 1.54) is 9.36 Å². The van der Waals surface area contributed by atoms with Crippen molar-refractivity contribution in [2.75, 3.05) is 11.9 Å². The highest BCUT2D eigenvalue weighted by atomic mass is 16.2. The number of nitrogens with one attached hydrogen (secondary N) is 1. The summed E-state index contributed by atoms with van der Waals surface area (Å²) in [5.74, 6) is 0.185. The van der Waals surface area contributed by atoms with Gasteiger partial charge in [-0.2, -0.15) is 5.10 Å². The molecule has 0 atom stereocenters. The summed E-state index contributed by atoms with van der Waals surface area (Å²) in [4.78, 5) is 24.4. The number of aromatic nitrogens is 5. The van der Waals surface area contributed by atoms with Gasteiger partial charge < -0.3 is 11.1 Å². The second-order valence-corrected chi connectivity index (χ2v) is 6.41. The maximum absolute atomic E-state index is 12.5. The maximum Gasteiger partial charge on any atom is 0.268 e. The molecule has 0 bridgehead atoms. The van der Waals surface area contributed by atoms with Gasteiger partial charge in [0.1, 0.15) is 6.54 Å². The van der Waals surface area contributed by atoms with Gasteiger partial charge in [0.15, 0.2) is 5.82 Å². The van der Waals surface area contributed by atoms with E-state index in [-0.39, 0.29) is 24.3 Å². The van der Waals surface area contributed by atoms with Gasteiger partial charge in [-0.05, 0) is 45.2 Å². The molecule has 0 aromatic carbocycles. The van der Waals surface area contributed by atoms with E-state index in [1.54, 1.807) is 6.20 Å². The quantitative estimate of drug-likeness (QED) is 0.794. The average molecular weight is 345 g/mol. The Bertz CT molecular complexity index is 789. The Morgan fingerprint density at radius 1 is 1.36 bits per heavy atom. The lowest BCUT2D eigenvalue weighted by atomic mass is 9.85. The molecule has 1 fully saturated rings. The van der Waals surface area contributed by atoms with Crippen molar-refractivity contribution in [2.45, 2.75) is 46.1 Å². The van der Waals surface area contributed by atoms with Crippen LogP contribution in [0.4, 0.5) is 5.82 Å². The average Bonchev–Trinajstić information content (AvgIpc) is 3.04. The van der Waals surface area contributed by atoms with Crippen molar-refractivity contribution >= 4 is 17.6 Å². The summed E-state index contributed by atoms with van der Waals surface area (Å²) >= 11 is 0. The first kappa shape index (κ1) is 17.3. The molecule has 3 N–H and O–H groups in total. The molecule has 2 aromatic heterocycles. The van der Waals surface area contributed by atoms with E-state index in [0.717, 1.165) is 36.2 Å². The third kappa shape index (κ3) is 3.60. The molecule has 3 rings (SSSR count). The lowest BCUT2D eigenvalue weighted by Gasteiger charge is -2.23. The molecule has 0 radical (unpaired) electrons. The fraction of sp³-hybridized carbons (Fsp3) is 0.562. The van der Waals surface area contributed by atoms with Crippen LogP contribution in [0.15, 0.2) is 6.20 Å². The van der Waals surface area contributed by atoms with E-state index in [9.17, 15) is 9.59 Å². The lowest BCUT2D eigenvalue weighted by molar-refractivity contribution is -0.122. The van der Waals surface area contributed by atoms with Crippen molar-refractivity contribution in [3.05, 3.63) is 23.1 Å². The highest BCUT2D eigenvalue weighted by Gasteiger charge is 2.26. The van der Waals surface area contributed by atoms with Crippen LogP contribution in [0.2, 0.25) is 0 Å². The number of rotatable bonds is 6. The summed E-state index contributed by atoms with van der Waals surface area (Å²) in [6.45, 7) is 4.23. The zero-order chi connectivity index (χ0) is 18.0. The monoisotopic (exact) mass is 345 g/mol. The fourth-order valence-corrected chi connectivity index (χ4v) is 2.96. The molecular weight excluding hydrogens is 322 g/mol. The number of aryl methyl sites for hydroxylation is 1. The smallest absolute Gasteiger partial charge is 0.268 e. The molecule has 1 saturated carbocycles. The number of hydrogen-bond acceptors (Lipinski definition) is 6. The zero-order valence-electron chi connectivity index (χ0n) is 14.5. The molecular formula is C16H23N7O2. The van der Waals surface area contributed by atoms with Gasteiger partial charge in [0.25, 0.3) is 5.91 Å². The fourth-order valence-electron chi connectivity index (χ4n) is 2.96. The predicted octanol–water partition coefficient (Wildman–Crippen LogP) is 0.672. The van der Waals surface area contributed by atoms with Crippen LogP contribution >= 0.6 is 0 Å². The molecule has 0 saturated heterocycles. The molecule has 2 heterocycles. The molecule has 1 aliphatic carbocycles. The van der Waals surface area contributed by atoms with E-state index in [1.807, 2.05) is 13.8 Å². The van der Waals surface area contributed by atoms with Gasteiger partial charge in [-0.25, -0.2) is 9.36 Å². The largest absolute Gasteiger partial charge is 0.330 e. The third-order valence-corrected chi connectivity index (χ3v) is 4.63. The molecule has 1 aliphatic rings. The highest BCUT2D eigenvalue weighted by Crippen LogP contribution is 2.27. The minimum absolute atomic E-state index is 0.00365. The lowest BCUT2D eigenvalue weighted by Crippen LogP contribution is -2.28. The highest BCUT2D eigenvalue weighted by molar-refractivity contribution is 5.92. The second-order valence-electron chi connectivity index (χ2n) is 6.41. The Morgan fingerprint density at radius 3 is 2.76 bits per heavy atom. The van der Waals surface area contributed by atoms with Gasteiger partial charge in [0, 0.05) is 11.6 Å². The van der Waals surface area contributed by atoms with Crippen molar-refractivity contribution < 1.29 is 9.59 Å². The summed E-state index contributed by atoms with van der Waals surface area (Å²) < 4.78 is 2.78. The molecule has 0 spiro atoms. The summed E-state index contributed by atoms with van der Waals surface area (Å²) in [6, 6.07) is 0. The van der Waals surface area contributed by atoms with Crippen LogP contribution < -0.4 is 11.1 Å². The van der Waals surface area contributed by atoms with Gasteiger partial charge in [-0.3, -0.25) is 9.59 Å². The van der Waals surface area contributed by atoms with E-state index >= 15 is 0 Å². The standard InChI is InChI=1S/C16H23N7O2/c1-10-13(6-7-17)11(2)23(20-10)15(24)9-22-8-14(19-21-22)18-16(25)12-4-3-5-12/h8,12H,3-7,9,17H2,1-2H3,(H,18,25). The summed E-state index contributed by atoms with van der Waals surface area (Å²) in [5.41, 5.74) is 8.22. The van der Waals surface area contributed by atoms with Crippen molar-refractivity contribution in [1.29, 1.82) is 0 Å². The molecule has 2 aromatic rings. The zero-order valence-corrected chi connectivity index (χ0v) is 14.5. The second kappa shape index (κ2) is 7.14. The van der Waals surface area contributed by atoms with Crippen LogP contribution in [0, 0.1) is 19.8 Å². The number of nitrogens with zero attached hydrogens (tertiary/aromatic N) is 5. The van der Waals surface area contributed by atoms with E-state index in [0.29, 0.717) is 18.8 Å². The molecule has 9 heteroatoms. The third-order valence-electron chi connectivity index (χ3n) is 4.63. The van der Waals surface area contributed by atoms with Gasteiger partial charge >= 0.3 is 0 Å². The summed E-state index contributed by atoms with van der Waals surface area (Å²) in [7, 11) is 0. The molecule has 134 valence electrons. The first-order chi connectivity index (χ1) is 12.0. The van der Waals surface area contributed by atoms with E-state index in [4.69, 9.17) is 5.73 Å². The molecule has 0 unspecified atom stereocenters. The normalized spacial score (nSPS) is 14.4. The Hall–Kier alpha value is -2.55. The van der Waals surface area contributed by atoms with Crippen LogP contribution in [-0.2, 0) is 17.8 Å². The van der Waals surface area contributed by atoms with Gasteiger partial charge in [-0.15, -0.1) is 5.10 Å². The predicted molar refractivity (Wildman–Crippen MR) is 91.1 cm³/mol. The first-order valence-corrected chi connectivity index (χ1v) is 8.49. The minimum Gasteiger partial charge on any atom is -0.330 e. The van der Waals surface area contributed by atoms with Crippen molar-refractivity contribution in [3.63, 3.8) is 0 Å². The van der Waals surface area contributed by atoms with Gasteiger partial charge in [0.2, 0.25) is 5.91 Å². The Morgan fingerprint density at radius 2 is 2.12 bits per heavy atom. The number of amides is 1. The molecule has 25 heavy (non-hydrogen) atoms. The van der Waals surface area contributed by atoms with Crippen LogP contribution in [0.5, 0.6) is 0 Å². The van der Waals surface area contributed by atoms with E-state index in [2.05, 4.69) is 20.7 Å². The maximum atomic E-state index is 12.5. The van der Waals surface area contributed by atoms with Crippen LogP contribution in [0.3, 0.4) is 0 Å². The molecule has 9 nitrogen and oxygen atoms in total. The Labute approximate surface area is 145 Å².